The number of terminal acetylenes is 1. The highest BCUT2D eigenvalue weighted by Crippen LogP contribution is 2.17. The average Bonchev–Trinajstić information content (AvgIpc) is 3.02. The number of para-hydroxylation sites is 1. The lowest BCUT2D eigenvalue weighted by molar-refractivity contribution is 0.370. The molecule has 5 nitrogen and oxygen atoms in total. The third-order valence-electron chi connectivity index (χ3n) is 3.18. The molecule has 0 bridgehead atoms. The smallest absolute Gasteiger partial charge is 0.282 e. The summed E-state index contributed by atoms with van der Waals surface area (Å²) >= 11 is 1.44. The second kappa shape index (κ2) is 6.46. The van der Waals surface area contributed by atoms with E-state index in [1.165, 1.54) is 16.0 Å². The van der Waals surface area contributed by atoms with Gasteiger partial charge >= 0.3 is 0 Å². The first-order chi connectivity index (χ1) is 11.2. The van der Waals surface area contributed by atoms with Crippen LogP contribution in [0.1, 0.15) is 11.4 Å². The lowest BCUT2D eigenvalue weighted by Gasteiger charge is -2.06. The number of hydrogen-bond donors (Lipinski definition) is 0. The number of aryl methyl sites for hydroxylation is 1. The van der Waals surface area contributed by atoms with Crippen molar-refractivity contribution in [1.29, 1.82) is 0 Å². The van der Waals surface area contributed by atoms with Crippen LogP contribution in [0.2, 0.25) is 0 Å². The number of fused-ring (bicyclic) bond motifs is 1. The fourth-order valence-corrected chi connectivity index (χ4v) is 2.90. The molecule has 23 heavy (non-hydrogen) atoms. The Morgan fingerprint density at radius 3 is 3.09 bits per heavy atom. The zero-order chi connectivity index (χ0) is 16.2. The van der Waals surface area contributed by atoms with E-state index in [9.17, 15) is 4.79 Å². The Hall–Kier alpha value is -2.91. The first-order valence-corrected chi connectivity index (χ1v) is 7.75. The fourth-order valence-electron chi connectivity index (χ4n) is 2.10. The molecule has 0 spiro atoms. The van der Waals surface area contributed by atoms with Gasteiger partial charge in [-0.05, 0) is 30.5 Å². The van der Waals surface area contributed by atoms with Crippen molar-refractivity contribution in [3.8, 4) is 18.1 Å². The molecule has 2 aromatic heterocycles. The van der Waals surface area contributed by atoms with Crippen molar-refractivity contribution in [1.82, 2.24) is 9.66 Å². The first kappa shape index (κ1) is 15.0. The molecule has 2 heterocycles. The van der Waals surface area contributed by atoms with E-state index < -0.39 is 0 Å². The van der Waals surface area contributed by atoms with E-state index in [1.807, 2.05) is 23.6 Å². The summed E-state index contributed by atoms with van der Waals surface area (Å²) in [5.41, 5.74) is 0.548. The molecular formula is C17H13N3O2S. The second-order valence-electron chi connectivity index (χ2n) is 4.69. The van der Waals surface area contributed by atoms with Gasteiger partial charge in [0.25, 0.3) is 5.56 Å². The van der Waals surface area contributed by atoms with Crippen LogP contribution in [0.5, 0.6) is 5.75 Å². The zero-order valence-corrected chi connectivity index (χ0v) is 13.2. The number of thiophene rings is 1. The summed E-state index contributed by atoms with van der Waals surface area (Å²) in [4.78, 5) is 17.6. The van der Waals surface area contributed by atoms with Gasteiger partial charge in [0, 0.05) is 5.56 Å². The molecule has 0 aliphatic carbocycles. The van der Waals surface area contributed by atoms with Gasteiger partial charge in [-0.15, -0.1) is 17.8 Å². The average molecular weight is 323 g/mol. The van der Waals surface area contributed by atoms with Crippen molar-refractivity contribution in [2.45, 2.75) is 6.92 Å². The highest BCUT2D eigenvalue weighted by Gasteiger charge is 2.08. The molecule has 0 N–H and O–H groups in total. The molecule has 0 radical (unpaired) electrons. The van der Waals surface area contributed by atoms with Gasteiger partial charge in [-0.25, -0.2) is 4.98 Å². The summed E-state index contributed by atoms with van der Waals surface area (Å²) in [6, 6.07) is 9.10. The standard InChI is InChI=1S/C17H13N3O2S/c1-3-9-22-15-7-5-4-6-13(15)11-18-20-12(2)19-16-14(17(20)21)8-10-23-16/h1,4-8,10-11H,9H2,2H3/b18-11-. The van der Waals surface area contributed by atoms with Crippen LogP contribution in [-0.2, 0) is 0 Å². The lowest BCUT2D eigenvalue weighted by Crippen LogP contribution is -2.19. The molecular weight excluding hydrogens is 310 g/mol. The summed E-state index contributed by atoms with van der Waals surface area (Å²) in [6.45, 7) is 1.92. The third kappa shape index (κ3) is 3.00. The van der Waals surface area contributed by atoms with Crippen molar-refractivity contribution in [3.63, 3.8) is 0 Å². The molecule has 1 aromatic carbocycles. The molecule has 0 unspecified atom stereocenters. The van der Waals surface area contributed by atoms with Gasteiger partial charge in [-0.3, -0.25) is 4.79 Å². The molecule has 3 aromatic rings. The number of rotatable bonds is 4. The summed E-state index contributed by atoms with van der Waals surface area (Å²) in [5.74, 6) is 3.57. The van der Waals surface area contributed by atoms with Crippen molar-refractivity contribution < 1.29 is 4.74 Å². The Morgan fingerprint density at radius 1 is 1.43 bits per heavy atom. The van der Waals surface area contributed by atoms with Crippen molar-refractivity contribution in [3.05, 3.63) is 57.5 Å². The summed E-state index contributed by atoms with van der Waals surface area (Å²) in [7, 11) is 0. The number of aromatic nitrogens is 2. The number of hydrogen-bond acceptors (Lipinski definition) is 5. The van der Waals surface area contributed by atoms with Crippen LogP contribution >= 0.6 is 11.3 Å². The highest BCUT2D eigenvalue weighted by atomic mass is 32.1. The Balaban J connectivity index is 2.01. The maximum Gasteiger partial charge on any atom is 0.282 e. The van der Waals surface area contributed by atoms with Crippen LogP contribution in [0, 0.1) is 19.3 Å². The van der Waals surface area contributed by atoms with Crippen LogP contribution in [0.15, 0.2) is 45.6 Å². The molecule has 0 atom stereocenters. The number of nitrogens with zero attached hydrogens (tertiary/aromatic N) is 3. The molecule has 0 saturated heterocycles. The monoisotopic (exact) mass is 323 g/mol. The van der Waals surface area contributed by atoms with Crippen molar-refractivity contribution in [2.75, 3.05) is 6.61 Å². The Labute approximate surface area is 136 Å². The van der Waals surface area contributed by atoms with E-state index in [1.54, 1.807) is 25.3 Å². The van der Waals surface area contributed by atoms with Gasteiger partial charge in [0.1, 0.15) is 23.0 Å². The molecule has 0 aliphatic rings. The van der Waals surface area contributed by atoms with Gasteiger partial charge in [-0.1, -0.05) is 18.1 Å². The van der Waals surface area contributed by atoms with Gasteiger partial charge in [0.15, 0.2) is 0 Å². The van der Waals surface area contributed by atoms with Gasteiger partial charge in [-0.2, -0.15) is 9.78 Å². The predicted octanol–water partition coefficient (Wildman–Crippen LogP) is 2.66. The largest absolute Gasteiger partial charge is 0.480 e. The van der Waals surface area contributed by atoms with Crippen LogP contribution in [0.4, 0.5) is 0 Å². The molecule has 114 valence electrons. The third-order valence-corrected chi connectivity index (χ3v) is 3.99. The van der Waals surface area contributed by atoms with Crippen LogP contribution in [0.3, 0.4) is 0 Å². The second-order valence-corrected chi connectivity index (χ2v) is 5.59. The zero-order valence-electron chi connectivity index (χ0n) is 12.4. The van der Waals surface area contributed by atoms with E-state index >= 15 is 0 Å². The predicted molar refractivity (Wildman–Crippen MR) is 92.4 cm³/mol. The molecule has 6 heteroatoms. The maximum atomic E-state index is 12.4. The first-order valence-electron chi connectivity index (χ1n) is 6.87. The lowest BCUT2D eigenvalue weighted by atomic mass is 10.2. The quantitative estimate of drug-likeness (QED) is 0.548. The fraction of sp³-hybridized carbons (Fsp3) is 0.118. The number of ether oxygens (including phenoxy) is 1. The molecule has 3 rings (SSSR count). The highest BCUT2D eigenvalue weighted by molar-refractivity contribution is 7.16. The Kier molecular flexibility index (Phi) is 4.22. The van der Waals surface area contributed by atoms with E-state index in [0.717, 1.165) is 10.4 Å². The van der Waals surface area contributed by atoms with Crippen LogP contribution < -0.4 is 10.3 Å². The van der Waals surface area contributed by atoms with Crippen molar-refractivity contribution in [2.24, 2.45) is 5.10 Å². The van der Waals surface area contributed by atoms with E-state index in [-0.39, 0.29) is 12.2 Å². The normalized spacial score (nSPS) is 11.0. The maximum absolute atomic E-state index is 12.4. The van der Waals surface area contributed by atoms with Crippen LogP contribution in [0.25, 0.3) is 10.2 Å². The van der Waals surface area contributed by atoms with E-state index in [2.05, 4.69) is 16.0 Å². The Morgan fingerprint density at radius 2 is 2.26 bits per heavy atom. The molecule has 0 saturated carbocycles. The summed E-state index contributed by atoms with van der Waals surface area (Å²) in [6.07, 6.45) is 6.78. The van der Waals surface area contributed by atoms with Gasteiger partial charge < -0.3 is 4.74 Å². The van der Waals surface area contributed by atoms with Gasteiger partial charge in [0.05, 0.1) is 11.6 Å². The minimum Gasteiger partial charge on any atom is -0.480 e. The summed E-state index contributed by atoms with van der Waals surface area (Å²) < 4.78 is 6.75. The minimum absolute atomic E-state index is 0.173. The minimum atomic E-state index is -0.188. The number of benzene rings is 1. The van der Waals surface area contributed by atoms with E-state index in [4.69, 9.17) is 11.2 Å². The molecule has 0 fully saturated rings. The van der Waals surface area contributed by atoms with Crippen LogP contribution in [-0.4, -0.2) is 22.5 Å². The van der Waals surface area contributed by atoms with E-state index in [0.29, 0.717) is 17.0 Å². The molecule has 0 aliphatic heterocycles. The Bertz CT molecular complexity index is 979. The summed E-state index contributed by atoms with van der Waals surface area (Å²) in [5, 5.41) is 6.67. The van der Waals surface area contributed by atoms with Gasteiger partial charge in [0.2, 0.25) is 0 Å². The topological polar surface area (TPSA) is 56.5 Å². The SMILES string of the molecule is C#CCOc1ccccc1/C=N\n1c(C)nc2sccc2c1=O. The van der Waals surface area contributed by atoms with Crippen molar-refractivity contribution >= 4 is 27.8 Å². The molecule has 0 amide bonds.